The fraction of sp³-hybridized carbons (Fsp3) is 0.462. The summed E-state index contributed by atoms with van der Waals surface area (Å²) in [5.41, 5.74) is 1.67. The fourth-order valence-corrected chi connectivity index (χ4v) is 2.10. The number of hydrogen-bond donors (Lipinski definition) is 0. The Morgan fingerprint density at radius 3 is 2.88 bits per heavy atom. The van der Waals surface area contributed by atoms with Crippen molar-refractivity contribution in [2.24, 2.45) is 5.92 Å². The van der Waals surface area contributed by atoms with Crippen LogP contribution in [0.2, 0.25) is 0 Å². The number of Topliss-reactive ketones (excluding diaryl/α,β-unsaturated/α-hetero) is 1. The number of piperidine rings is 1. The maximum Gasteiger partial charge on any atom is 0.146 e. The lowest BCUT2D eigenvalue weighted by Crippen LogP contribution is -2.40. The zero-order chi connectivity index (χ0) is 11.7. The largest absolute Gasteiger partial charge is 0.368 e. The molecule has 0 radical (unpaired) electrons. The monoisotopic (exact) mass is 221 g/mol. The van der Waals surface area contributed by atoms with Crippen molar-refractivity contribution >= 4 is 11.5 Å². The molecule has 16 heavy (non-hydrogen) atoms. The first-order valence-electron chi connectivity index (χ1n) is 5.62. The van der Waals surface area contributed by atoms with Gasteiger partial charge in [0.1, 0.15) is 11.6 Å². The number of aryl methyl sites for hydroxylation is 1. The Balaban J connectivity index is 2.24. The highest BCUT2D eigenvalue weighted by atomic mass is 19.1. The topological polar surface area (TPSA) is 20.3 Å². The van der Waals surface area contributed by atoms with E-state index in [1.165, 1.54) is 6.07 Å². The Labute approximate surface area is 95.1 Å². The fourth-order valence-electron chi connectivity index (χ4n) is 2.10. The maximum absolute atomic E-state index is 13.7. The van der Waals surface area contributed by atoms with Crippen molar-refractivity contribution in [2.45, 2.75) is 20.3 Å². The summed E-state index contributed by atoms with van der Waals surface area (Å²) >= 11 is 0. The maximum atomic E-state index is 13.7. The number of rotatable bonds is 1. The van der Waals surface area contributed by atoms with E-state index >= 15 is 0 Å². The van der Waals surface area contributed by atoms with Gasteiger partial charge in [-0.05, 0) is 24.6 Å². The first-order chi connectivity index (χ1) is 7.58. The van der Waals surface area contributed by atoms with Gasteiger partial charge in [0.2, 0.25) is 0 Å². The molecule has 1 fully saturated rings. The smallest absolute Gasteiger partial charge is 0.146 e. The van der Waals surface area contributed by atoms with Crippen molar-refractivity contribution in [3.05, 3.63) is 29.6 Å². The lowest BCUT2D eigenvalue weighted by Gasteiger charge is -2.32. The van der Waals surface area contributed by atoms with Gasteiger partial charge in [0.25, 0.3) is 0 Å². The highest BCUT2D eigenvalue weighted by Crippen LogP contribution is 2.25. The molecule has 0 saturated carbocycles. The number of halogens is 1. The van der Waals surface area contributed by atoms with Crippen LogP contribution in [0.5, 0.6) is 0 Å². The van der Waals surface area contributed by atoms with Crippen molar-refractivity contribution < 1.29 is 9.18 Å². The standard InChI is InChI=1S/C13H16FNO/c1-9-3-4-11(14)12(7-9)15-6-5-13(16)10(2)8-15/h3-4,7,10H,5-6,8H2,1-2H3. The summed E-state index contributed by atoms with van der Waals surface area (Å²) in [6.45, 7) is 5.10. The third-order valence-corrected chi connectivity index (χ3v) is 3.11. The molecule has 86 valence electrons. The summed E-state index contributed by atoms with van der Waals surface area (Å²) in [6.07, 6.45) is 0.522. The van der Waals surface area contributed by atoms with Crippen LogP contribution in [0.3, 0.4) is 0 Å². The van der Waals surface area contributed by atoms with Gasteiger partial charge in [-0.15, -0.1) is 0 Å². The molecular formula is C13H16FNO. The SMILES string of the molecule is Cc1ccc(F)c(N2CCC(=O)C(C)C2)c1. The third kappa shape index (κ3) is 2.08. The zero-order valence-electron chi connectivity index (χ0n) is 9.66. The first kappa shape index (κ1) is 11.1. The molecule has 0 bridgehead atoms. The molecule has 1 aromatic carbocycles. The van der Waals surface area contributed by atoms with E-state index in [4.69, 9.17) is 0 Å². The van der Waals surface area contributed by atoms with Crippen LogP contribution in [0.25, 0.3) is 0 Å². The minimum Gasteiger partial charge on any atom is -0.368 e. The highest BCUT2D eigenvalue weighted by Gasteiger charge is 2.24. The van der Waals surface area contributed by atoms with Crippen molar-refractivity contribution in [2.75, 3.05) is 18.0 Å². The van der Waals surface area contributed by atoms with Gasteiger partial charge < -0.3 is 4.90 Å². The van der Waals surface area contributed by atoms with Crippen molar-refractivity contribution in [1.82, 2.24) is 0 Å². The minimum atomic E-state index is -0.202. The van der Waals surface area contributed by atoms with Gasteiger partial charge in [-0.3, -0.25) is 4.79 Å². The van der Waals surface area contributed by atoms with E-state index in [1.807, 2.05) is 24.8 Å². The predicted molar refractivity (Wildman–Crippen MR) is 62.1 cm³/mol. The summed E-state index contributed by atoms with van der Waals surface area (Å²) in [7, 11) is 0. The van der Waals surface area contributed by atoms with E-state index in [2.05, 4.69) is 0 Å². The number of anilines is 1. The first-order valence-corrected chi connectivity index (χ1v) is 5.62. The molecular weight excluding hydrogens is 205 g/mol. The van der Waals surface area contributed by atoms with Gasteiger partial charge in [0, 0.05) is 25.4 Å². The molecule has 1 aliphatic rings. The molecule has 1 unspecified atom stereocenters. The highest BCUT2D eigenvalue weighted by molar-refractivity contribution is 5.83. The molecule has 0 aliphatic carbocycles. The molecule has 3 heteroatoms. The lowest BCUT2D eigenvalue weighted by molar-refractivity contribution is -0.122. The number of ketones is 1. The Bertz CT molecular complexity index is 416. The van der Waals surface area contributed by atoms with Gasteiger partial charge >= 0.3 is 0 Å². The molecule has 2 rings (SSSR count). The molecule has 0 amide bonds. The Morgan fingerprint density at radius 1 is 1.44 bits per heavy atom. The Hall–Kier alpha value is -1.38. The van der Waals surface area contributed by atoms with Crippen LogP contribution in [0.1, 0.15) is 18.9 Å². The minimum absolute atomic E-state index is 0.00802. The average molecular weight is 221 g/mol. The number of carbonyl (C=O) groups is 1. The number of carbonyl (C=O) groups excluding carboxylic acids is 1. The molecule has 0 aromatic heterocycles. The summed E-state index contributed by atoms with van der Waals surface area (Å²) in [4.78, 5) is 13.4. The molecule has 0 N–H and O–H groups in total. The summed E-state index contributed by atoms with van der Waals surface area (Å²) < 4.78 is 13.7. The predicted octanol–water partition coefficient (Wildman–Crippen LogP) is 2.55. The molecule has 2 nitrogen and oxygen atoms in total. The van der Waals surface area contributed by atoms with Crippen molar-refractivity contribution in [1.29, 1.82) is 0 Å². The van der Waals surface area contributed by atoms with E-state index in [0.29, 0.717) is 25.2 Å². The number of nitrogens with zero attached hydrogens (tertiary/aromatic N) is 1. The van der Waals surface area contributed by atoms with Gasteiger partial charge in [-0.25, -0.2) is 4.39 Å². The van der Waals surface area contributed by atoms with Gasteiger partial charge in [0.15, 0.2) is 0 Å². The van der Waals surface area contributed by atoms with Crippen LogP contribution < -0.4 is 4.90 Å². The molecule has 1 atom stereocenters. The van der Waals surface area contributed by atoms with Gasteiger partial charge in [0.05, 0.1) is 5.69 Å². The Morgan fingerprint density at radius 2 is 2.19 bits per heavy atom. The number of benzene rings is 1. The van der Waals surface area contributed by atoms with Crippen molar-refractivity contribution in [3.63, 3.8) is 0 Å². The van der Waals surface area contributed by atoms with E-state index in [-0.39, 0.29) is 17.5 Å². The second-order valence-electron chi connectivity index (χ2n) is 4.52. The van der Waals surface area contributed by atoms with Crippen molar-refractivity contribution in [3.8, 4) is 0 Å². The molecule has 1 heterocycles. The molecule has 0 spiro atoms. The van der Waals surface area contributed by atoms with Gasteiger partial charge in [-0.2, -0.15) is 0 Å². The van der Waals surface area contributed by atoms with E-state index in [0.717, 1.165) is 5.56 Å². The zero-order valence-corrected chi connectivity index (χ0v) is 9.66. The van der Waals surface area contributed by atoms with E-state index < -0.39 is 0 Å². The van der Waals surface area contributed by atoms with E-state index in [9.17, 15) is 9.18 Å². The van der Waals surface area contributed by atoms with Crippen LogP contribution in [-0.2, 0) is 4.79 Å². The second-order valence-corrected chi connectivity index (χ2v) is 4.52. The number of hydrogen-bond acceptors (Lipinski definition) is 2. The van der Waals surface area contributed by atoms with Crippen LogP contribution >= 0.6 is 0 Å². The van der Waals surface area contributed by atoms with Crippen LogP contribution in [0.15, 0.2) is 18.2 Å². The lowest BCUT2D eigenvalue weighted by atomic mass is 9.98. The second kappa shape index (κ2) is 4.24. The quantitative estimate of drug-likeness (QED) is 0.726. The summed E-state index contributed by atoms with van der Waals surface area (Å²) in [5.74, 6) is 0.0881. The summed E-state index contributed by atoms with van der Waals surface area (Å²) in [5, 5.41) is 0. The normalized spacial score (nSPS) is 21.3. The molecule has 1 aromatic rings. The van der Waals surface area contributed by atoms with Crippen LogP contribution in [0, 0.1) is 18.7 Å². The van der Waals surface area contributed by atoms with E-state index in [1.54, 1.807) is 6.07 Å². The van der Waals surface area contributed by atoms with Crippen LogP contribution in [-0.4, -0.2) is 18.9 Å². The van der Waals surface area contributed by atoms with Crippen LogP contribution in [0.4, 0.5) is 10.1 Å². The molecule has 1 aliphatic heterocycles. The average Bonchev–Trinajstić information content (AvgIpc) is 2.26. The molecule has 1 saturated heterocycles. The Kier molecular flexibility index (Phi) is 2.95. The third-order valence-electron chi connectivity index (χ3n) is 3.11. The summed E-state index contributed by atoms with van der Waals surface area (Å²) in [6, 6.07) is 5.10. The van der Waals surface area contributed by atoms with Gasteiger partial charge in [-0.1, -0.05) is 13.0 Å².